The molecule has 3 N–H and O–H groups in total. The minimum atomic E-state index is -0.523. The quantitative estimate of drug-likeness (QED) is 0.849. The molecule has 102 valence electrons. The molecule has 0 aliphatic heterocycles. The topological polar surface area (TPSA) is 72.2 Å². The first-order valence-corrected chi connectivity index (χ1v) is 7.18. The lowest BCUT2D eigenvalue weighted by Crippen LogP contribution is -2.15. The Morgan fingerprint density at radius 1 is 1.10 bits per heavy atom. The molecule has 0 saturated heterocycles. The van der Waals surface area contributed by atoms with Crippen LogP contribution in [0.3, 0.4) is 0 Å². The van der Waals surface area contributed by atoms with E-state index in [0.29, 0.717) is 16.8 Å². The molecule has 20 heavy (non-hydrogen) atoms. The molecule has 0 heterocycles. The Hall–Kier alpha value is -2.27. The fourth-order valence-electron chi connectivity index (χ4n) is 1.78. The van der Waals surface area contributed by atoms with Crippen molar-refractivity contribution < 1.29 is 9.59 Å². The SMILES string of the molecule is CSc1ccccc1C(=O)Nc1cccc(C(N)=O)c1. The lowest BCUT2D eigenvalue weighted by molar-refractivity contribution is 0.0996. The molecule has 0 radical (unpaired) electrons. The summed E-state index contributed by atoms with van der Waals surface area (Å²) >= 11 is 1.51. The van der Waals surface area contributed by atoms with Crippen molar-refractivity contribution in [1.82, 2.24) is 0 Å². The van der Waals surface area contributed by atoms with Gasteiger partial charge >= 0.3 is 0 Å². The largest absolute Gasteiger partial charge is 0.366 e. The maximum absolute atomic E-state index is 12.2. The number of hydrogen-bond donors (Lipinski definition) is 2. The molecule has 0 fully saturated rings. The Labute approximate surface area is 121 Å². The standard InChI is InChI=1S/C15H14N2O2S/c1-20-13-8-3-2-7-12(13)15(19)17-11-6-4-5-10(9-11)14(16)18/h2-9H,1H3,(H2,16,18)(H,17,19). The molecule has 0 aliphatic carbocycles. The van der Waals surface area contributed by atoms with E-state index in [-0.39, 0.29) is 5.91 Å². The van der Waals surface area contributed by atoms with Gasteiger partial charge in [0.15, 0.2) is 0 Å². The summed E-state index contributed by atoms with van der Waals surface area (Å²) in [6.07, 6.45) is 1.92. The van der Waals surface area contributed by atoms with Gasteiger partial charge in [-0.2, -0.15) is 0 Å². The Bertz CT molecular complexity index is 656. The van der Waals surface area contributed by atoms with Crippen molar-refractivity contribution in [2.24, 2.45) is 5.73 Å². The zero-order valence-corrected chi connectivity index (χ0v) is 11.7. The molecule has 2 aromatic carbocycles. The summed E-state index contributed by atoms with van der Waals surface area (Å²) in [5.74, 6) is -0.734. The minimum absolute atomic E-state index is 0.212. The number of nitrogens with two attached hydrogens (primary N) is 1. The van der Waals surface area contributed by atoms with E-state index in [9.17, 15) is 9.59 Å². The highest BCUT2D eigenvalue weighted by molar-refractivity contribution is 7.98. The van der Waals surface area contributed by atoms with E-state index in [1.807, 2.05) is 24.5 Å². The summed E-state index contributed by atoms with van der Waals surface area (Å²) in [6, 6.07) is 13.9. The molecule has 0 aromatic heterocycles. The molecule has 0 unspecified atom stereocenters. The Kier molecular flexibility index (Phi) is 4.42. The first kappa shape index (κ1) is 14.1. The molecule has 4 nitrogen and oxygen atoms in total. The number of primary amides is 1. The van der Waals surface area contributed by atoms with Crippen LogP contribution in [-0.2, 0) is 0 Å². The highest BCUT2D eigenvalue weighted by Gasteiger charge is 2.11. The number of anilines is 1. The van der Waals surface area contributed by atoms with Crippen molar-refractivity contribution in [3.63, 3.8) is 0 Å². The van der Waals surface area contributed by atoms with Crippen molar-refractivity contribution in [3.8, 4) is 0 Å². The van der Waals surface area contributed by atoms with Crippen LogP contribution < -0.4 is 11.1 Å². The molecular formula is C15H14N2O2S. The predicted molar refractivity (Wildman–Crippen MR) is 81.1 cm³/mol. The van der Waals surface area contributed by atoms with Gasteiger partial charge in [-0.1, -0.05) is 18.2 Å². The van der Waals surface area contributed by atoms with Crippen LogP contribution >= 0.6 is 11.8 Å². The number of hydrogen-bond acceptors (Lipinski definition) is 3. The van der Waals surface area contributed by atoms with Crippen LogP contribution in [0.2, 0.25) is 0 Å². The van der Waals surface area contributed by atoms with Gasteiger partial charge in [0.2, 0.25) is 5.91 Å². The number of benzene rings is 2. The van der Waals surface area contributed by atoms with Crippen molar-refractivity contribution in [1.29, 1.82) is 0 Å². The van der Waals surface area contributed by atoms with Gasteiger partial charge in [0.05, 0.1) is 5.56 Å². The number of carbonyl (C=O) groups excluding carboxylic acids is 2. The average Bonchev–Trinajstić information content (AvgIpc) is 2.47. The van der Waals surface area contributed by atoms with Crippen LogP contribution in [-0.4, -0.2) is 18.1 Å². The Balaban J connectivity index is 2.23. The van der Waals surface area contributed by atoms with Gasteiger partial charge in [-0.25, -0.2) is 0 Å². The molecular weight excluding hydrogens is 272 g/mol. The summed E-state index contributed by atoms with van der Waals surface area (Å²) in [5.41, 5.74) is 6.72. The van der Waals surface area contributed by atoms with E-state index in [2.05, 4.69) is 5.32 Å². The number of amides is 2. The van der Waals surface area contributed by atoms with Crippen LogP contribution in [0.5, 0.6) is 0 Å². The van der Waals surface area contributed by atoms with Crippen molar-refractivity contribution >= 4 is 29.3 Å². The third-order valence-electron chi connectivity index (χ3n) is 2.76. The van der Waals surface area contributed by atoms with Gasteiger partial charge in [-0.3, -0.25) is 9.59 Å². The number of thioether (sulfide) groups is 1. The van der Waals surface area contributed by atoms with Crippen LogP contribution in [0.25, 0.3) is 0 Å². The molecule has 0 saturated carbocycles. The summed E-state index contributed by atoms with van der Waals surface area (Å²) in [4.78, 5) is 24.2. The lowest BCUT2D eigenvalue weighted by atomic mass is 10.1. The second-order valence-electron chi connectivity index (χ2n) is 4.10. The fourth-order valence-corrected chi connectivity index (χ4v) is 2.38. The zero-order chi connectivity index (χ0) is 14.5. The second-order valence-corrected chi connectivity index (χ2v) is 4.95. The van der Waals surface area contributed by atoms with Gasteiger partial charge in [0.1, 0.15) is 0 Å². The monoisotopic (exact) mass is 286 g/mol. The van der Waals surface area contributed by atoms with Crippen molar-refractivity contribution in [2.75, 3.05) is 11.6 Å². The van der Waals surface area contributed by atoms with E-state index >= 15 is 0 Å². The van der Waals surface area contributed by atoms with Crippen LogP contribution in [0.15, 0.2) is 53.4 Å². The maximum Gasteiger partial charge on any atom is 0.256 e. The van der Waals surface area contributed by atoms with E-state index in [1.165, 1.54) is 11.8 Å². The first-order chi connectivity index (χ1) is 9.61. The normalized spacial score (nSPS) is 10.1. The second kappa shape index (κ2) is 6.25. The summed E-state index contributed by atoms with van der Waals surface area (Å²) in [5, 5.41) is 2.77. The number of nitrogens with one attached hydrogen (secondary N) is 1. The summed E-state index contributed by atoms with van der Waals surface area (Å²) in [7, 11) is 0. The van der Waals surface area contributed by atoms with Gasteiger partial charge in [-0.05, 0) is 36.6 Å². The van der Waals surface area contributed by atoms with Crippen LogP contribution in [0.1, 0.15) is 20.7 Å². The highest BCUT2D eigenvalue weighted by atomic mass is 32.2. The van der Waals surface area contributed by atoms with Crippen molar-refractivity contribution in [2.45, 2.75) is 4.90 Å². The van der Waals surface area contributed by atoms with Gasteiger partial charge in [0.25, 0.3) is 5.91 Å². The van der Waals surface area contributed by atoms with Crippen LogP contribution in [0.4, 0.5) is 5.69 Å². The third kappa shape index (κ3) is 3.19. The minimum Gasteiger partial charge on any atom is -0.366 e. The maximum atomic E-state index is 12.2. The zero-order valence-electron chi connectivity index (χ0n) is 10.9. The predicted octanol–water partition coefficient (Wildman–Crippen LogP) is 2.76. The molecule has 0 atom stereocenters. The van der Waals surface area contributed by atoms with Crippen LogP contribution in [0, 0.1) is 0 Å². The number of rotatable bonds is 4. The smallest absolute Gasteiger partial charge is 0.256 e. The lowest BCUT2D eigenvalue weighted by Gasteiger charge is -2.09. The molecule has 2 amide bonds. The van der Waals surface area contributed by atoms with Crippen molar-refractivity contribution in [3.05, 3.63) is 59.7 Å². The highest BCUT2D eigenvalue weighted by Crippen LogP contribution is 2.21. The average molecular weight is 286 g/mol. The van der Waals surface area contributed by atoms with E-state index in [0.717, 1.165) is 4.90 Å². The number of carbonyl (C=O) groups is 2. The molecule has 0 bridgehead atoms. The molecule has 5 heteroatoms. The van der Waals surface area contributed by atoms with Gasteiger partial charge in [0, 0.05) is 16.1 Å². The van der Waals surface area contributed by atoms with Gasteiger partial charge in [-0.15, -0.1) is 11.8 Å². The van der Waals surface area contributed by atoms with E-state index in [1.54, 1.807) is 30.3 Å². The van der Waals surface area contributed by atoms with E-state index in [4.69, 9.17) is 5.73 Å². The van der Waals surface area contributed by atoms with E-state index < -0.39 is 5.91 Å². The molecule has 0 aliphatic rings. The first-order valence-electron chi connectivity index (χ1n) is 5.96. The molecule has 2 aromatic rings. The molecule has 0 spiro atoms. The third-order valence-corrected chi connectivity index (χ3v) is 3.55. The Morgan fingerprint density at radius 2 is 1.85 bits per heavy atom. The fraction of sp³-hybridized carbons (Fsp3) is 0.0667. The Morgan fingerprint density at radius 3 is 2.55 bits per heavy atom. The van der Waals surface area contributed by atoms with Gasteiger partial charge < -0.3 is 11.1 Å². The summed E-state index contributed by atoms with van der Waals surface area (Å²) < 4.78 is 0. The summed E-state index contributed by atoms with van der Waals surface area (Å²) in [6.45, 7) is 0. The molecule has 2 rings (SSSR count).